The molecule has 0 fully saturated rings. The average Bonchev–Trinajstić information content (AvgIpc) is 1.99. The van der Waals surface area contributed by atoms with Gasteiger partial charge in [-0.25, -0.2) is 0 Å². The normalized spacial score (nSPS) is 12.7. The first-order valence-electron chi connectivity index (χ1n) is 5.21. The highest BCUT2D eigenvalue weighted by molar-refractivity contribution is 8.01. The summed E-state index contributed by atoms with van der Waals surface area (Å²) < 4.78 is -0.0269. The number of rotatable bonds is 6. The molecule has 0 rings (SSSR count). The zero-order chi connectivity index (χ0) is 12.3. The van der Waals surface area contributed by atoms with E-state index in [9.17, 15) is 9.59 Å². The van der Waals surface area contributed by atoms with Crippen LogP contribution in [-0.2, 0) is 9.59 Å². The zero-order valence-corrected chi connectivity index (χ0v) is 11.5. The summed E-state index contributed by atoms with van der Waals surface area (Å²) in [5, 5.41) is 0. The van der Waals surface area contributed by atoms with Gasteiger partial charge >= 0.3 is 0 Å². The molecule has 0 spiro atoms. The Balaban J connectivity index is 4.36. The van der Waals surface area contributed by atoms with Crippen molar-refractivity contribution in [2.24, 2.45) is 5.41 Å². The standard InChI is InChI=1S/C12H22O2S/c1-9(13)7-15-12(5,6)8-11(3,4)10(2)14/h7-8H2,1-6H3. The molecule has 0 saturated heterocycles. The second-order valence-electron chi connectivity index (χ2n) is 5.37. The van der Waals surface area contributed by atoms with E-state index in [-0.39, 0.29) is 21.7 Å². The lowest BCUT2D eigenvalue weighted by Crippen LogP contribution is -2.31. The molecule has 15 heavy (non-hydrogen) atoms. The topological polar surface area (TPSA) is 34.1 Å². The molecule has 0 aromatic heterocycles. The van der Waals surface area contributed by atoms with E-state index >= 15 is 0 Å². The van der Waals surface area contributed by atoms with Gasteiger partial charge in [0.25, 0.3) is 0 Å². The third-order valence-electron chi connectivity index (χ3n) is 2.49. The van der Waals surface area contributed by atoms with Gasteiger partial charge in [-0.1, -0.05) is 27.7 Å². The molecule has 0 amide bonds. The van der Waals surface area contributed by atoms with Crippen molar-refractivity contribution < 1.29 is 9.59 Å². The van der Waals surface area contributed by atoms with Gasteiger partial charge in [-0.15, -0.1) is 11.8 Å². The maximum atomic E-state index is 11.4. The maximum absolute atomic E-state index is 11.4. The fourth-order valence-corrected chi connectivity index (χ4v) is 2.59. The summed E-state index contributed by atoms with van der Waals surface area (Å²) in [5.74, 6) is 0.925. The van der Waals surface area contributed by atoms with Gasteiger partial charge in [0.2, 0.25) is 0 Å². The highest BCUT2D eigenvalue weighted by Crippen LogP contribution is 2.37. The first kappa shape index (κ1) is 14.7. The summed E-state index contributed by atoms with van der Waals surface area (Å²) in [4.78, 5) is 22.3. The fraction of sp³-hybridized carbons (Fsp3) is 0.833. The molecule has 88 valence electrons. The molecule has 0 aliphatic heterocycles. The molecule has 0 bridgehead atoms. The van der Waals surface area contributed by atoms with Crippen LogP contribution in [0, 0.1) is 5.41 Å². The minimum Gasteiger partial charge on any atom is -0.299 e. The smallest absolute Gasteiger partial charge is 0.139 e. The Kier molecular flexibility index (Phi) is 5.04. The van der Waals surface area contributed by atoms with E-state index in [2.05, 4.69) is 13.8 Å². The number of carbonyl (C=O) groups is 2. The Morgan fingerprint density at radius 2 is 1.53 bits per heavy atom. The zero-order valence-electron chi connectivity index (χ0n) is 10.6. The summed E-state index contributed by atoms with van der Waals surface area (Å²) >= 11 is 1.63. The first-order chi connectivity index (χ1) is 6.57. The first-order valence-corrected chi connectivity index (χ1v) is 6.20. The van der Waals surface area contributed by atoms with Gasteiger partial charge in [-0.05, 0) is 20.3 Å². The summed E-state index contributed by atoms with van der Waals surface area (Å²) in [7, 11) is 0. The third kappa shape index (κ3) is 5.98. The fourth-order valence-electron chi connectivity index (χ4n) is 1.54. The van der Waals surface area contributed by atoms with Crippen LogP contribution in [0.15, 0.2) is 0 Å². The summed E-state index contributed by atoms with van der Waals surface area (Å²) in [5.41, 5.74) is -0.298. The van der Waals surface area contributed by atoms with Crippen LogP contribution in [0.2, 0.25) is 0 Å². The molecular formula is C12H22O2S. The number of carbonyl (C=O) groups excluding carboxylic acids is 2. The van der Waals surface area contributed by atoms with Crippen molar-refractivity contribution in [2.45, 2.75) is 52.7 Å². The Bertz CT molecular complexity index is 254. The van der Waals surface area contributed by atoms with Crippen LogP contribution in [0.5, 0.6) is 0 Å². The predicted octanol–water partition coefficient (Wildman–Crippen LogP) is 3.09. The van der Waals surface area contributed by atoms with E-state index in [4.69, 9.17) is 0 Å². The Morgan fingerprint density at radius 1 is 1.07 bits per heavy atom. The van der Waals surface area contributed by atoms with Gasteiger partial charge in [-0.3, -0.25) is 9.59 Å². The monoisotopic (exact) mass is 230 g/mol. The highest BCUT2D eigenvalue weighted by atomic mass is 32.2. The van der Waals surface area contributed by atoms with Gasteiger partial charge in [0.15, 0.2) is 0 Å². The molecule has 0 heterocycles. The minimum absolute atomic E-state index is 0.0269. The third-order valence-corrected chi connectivity index (χ3v) is 3.96. The van der Waals surface area contributed by atoms with Crippen LogP contribution in [0.4, 0.5) is 0 Å². The van der Waals surface area contributed by atoms with Crippen LogP contribution < -0.4 is 0 Å². The molecule has 0 N–H and O–H groups in total. The van der Waals surface area contributed by atoms with Crippen molar-refractivity contribution in [1.29, 1.82) is 0 Å². The molecule has 0 aromatic rings. The van der Waals surface area contributed by atoms with E-state index in [1.165, 1.54) is 0 Å². The van der Waals surface area contributed by atoms with Crippen LogP contribution in [0.1, 0.15) is 48.0 Å². The van der Waals surface area contributed by atoms with E-state index in [1.54, 1.807) is 25.6 Å². The lowest BCUT2D eigenvalue weighted by Gasteiger charge is -2.32. The van der Waals surface area contributed by atoms with Crippen LogP contribution >= 0.6 is 11.8 Å². The second kappa shape index (κ2) is 5.15. The number of Topliss-reactive ketones (excluding diaryl/α,β-unsaturated/α-hetero) is 2. The number of ketones is 2. The van der Waals surface area contributed by atoms with Crippen molar-refractivity contribution >= 4 is 23.3 Å². The Hall–Kier alpha value is -0.310. The predicted molar refractivity (Wildman–Crippen MR) is 66.3 cm³/mol. The molecule has 0 aliphatic rings. The highest BCUT2D eigenvalue weighted by Gasteiger charge is 2.32. The minimum atomic E-state index is -0.298. The lowest BCUT2D eigenvalue weighted by molar-refractivity contribution is -0.125. The molecule has 0 aromatic carbocycles. The molecule has 0 saturated carbocycles. The Morgan fingerprint density at radius 3 is 1.87 bits per heavy atom. The second-order valence-corrected chi connectivity index (χ2v) is 7.05. The largest absolute Gasteiger partial charge is 0.299 e. The molecule has 2 nitrogen and oxygen atoms in total. The Labute approximate surface area is 97.2 Å². The molecular weight excluding hydrogens is 208 g/mol. The summed E-state index contributed by atoms with van der Waals surface area (Å²) in [6.07, 6.45) is 0.799. The van der Waals surface area contributed by atoms with E-state index in [0.717, 1.165) is 6.42 Å². The molecule has 0 unspecified atom stereocenters. The van der Waals surface area contributed by atoms with Gasteiger partial charge in [-0.2, -0.15) is 0 Å². The van der Waals surface area contributed by atoms with Gasteiger partial charge in [0.1, 0.15) is 11.6 Å². The number of hydrogen-bond donors (Lipinski definition) is 0. The van der Waals surface area contributed by atoms with E-state index < -0.39 is 0 Å². The van der Waals surface area contributed by atoms with E-state index in [0.29, 0.717) is 5.75 Å². The van der Waals surface area contributed by atoms with Crippen molar-refractivity contribution in [3.05, 3.63) is 0 Å². The van der Waals surface area contributed by atoms with Crippen LogP contribution in [-0.4, -0.2) is 22.1 Å². The molecule has 0 radical (unpaired) electrons. The van der Waals surface area contributed by atoms with Crippen LogP contribution in [0.3, 0.4) is 0 Å². The van der Waals surface area contributed by atoms with Crippen molar-refractivity contribution in [2.75, 3.05) is 5.75 Å². The van der Waals surface area contributed by atoms with Crippen molar-refractivity contribution in [1.82, 2.24) is 0 Å². The van der Waals surface area contributed by atoms with Gasteiger partial charge in [0, 0.05) is 10.2 Å². The number of hydrogen-bond acceptors (Lipinski definition) is 3. The molecule has 3 heteroatoms. The van der Waals surface area contributed by atoms with Crippen molar-refractivity contribution in [3.8, 4) is 0 Å². The number of thioether (sulfide) groups is 1. The van der Waals surface area contributed by atoms with Gasteiger partial charge < -0.3 is 0 Å². The van der Waals surface area contributed by atoms with Crippen LogP contribution in [0.25, 0.3) is 0 Å². The van der Waals surface area contributed by atoms with E-state index in [1.807, 2.05) is 13.8 Å². The van der Waals surface area contributed by atoms with Crippen molar-refractivity contribution in [3.63, 3.8) is 0 Å². The molecule has 0 atom stereocenters. The summed E-state index contributed by atoms with van der Waals surface area (Å²) in [6, 6.07) is 0. The summed E-state index contributed by atoms with van der Waals surface area (Å²) in [6.45, 7) is 11.3. The quantitative estimate of drug-likeness (QED) is 0.703. The van der Waals surface area contributed by atoms with Gasteiger partial charge in [0.05, 0.1) is 5.75 Å². The average molecular weight is 230 g/mol. The SMILES string of the molecule is CC(=O)CSC(C)(C)CC(C)(C)C(C)=O. The lowest BCUT2D eigenvalue weighted by atomic mass is 9.80. The molecule has 0 aliphatic carbocycles. The maximum Gasteiger partial charge on any atom is 0.139 e.